The molecule has 7 nitrogen and oxygen atoms in total. The third-order valence-corrected chi connectivity index (χ3v) is 2.65. The fourth-order valence-corrected chi connectivity index (χ4v) is 1.77. The lowest BCUT2D eigenvalue weighted by Gasteiger charge is -2.27. The molecule has 0 unspecified atom stereocenters. The van der Waals surface area contributed by atoms with Crippen molar-refractivity contribution in [2.75, 3.05) is 36.5 Å². The summed E-state index contributed by atoms with van der Waals surface area (Å²) in [4.78, 5) is 13.6. The molecule has 1 aliphatic rings. The van der Waals surface area contributed by atoms with Crippen LogP contribution in [0.5, 0.6) is 0 Å². The smallest absolute Gasteiger partial charge is 0.320 e. The summed E-state index contributed by atoms with van der Waals surface area (Å²) in [5, 5.41) is 13.5. The second-order valence-electron chi connectivity index (χ2n) is 4.63. The highest BCUT2D eigenvalue weighted by atomic mass is 16.5. The standard InChI is InChI=1S/C12H19N5O2/c1-9(2)13-12(18)14-10-3-4-11(16-15-10)17-5-7-19-8-6-17/h3-4,9H,5-8H2,1-2H3,(H2,13,14,15,18). The molecule has 1 aromatic rings. The second kappa shape index (κ2) is 6.33. The van der Waals surface area contributed by atoms with Crippen LogP contribution in [0.4, 0.5) is 16.4 Å². The molecule has 0 radical (unpaired) electrons. The lowest BCUT2D eigenvalue weighted by molar-refractivity contribution is 0.122. The highest BCUT2D eigenvalue weighted by molar-refractivity contribution is 5.88. The van der Waals surface area contributed by atoms with Crippen LogP contribution in [0, 0.1) is 0 Å². The predicted octanol–water partition coefficient (Wildman–Crippen LogP) is 0.843. The van der Waals surface area contributed by atoms with Gasteiger partial charge in [-0.2, -0.15) is 0 Å². The third kappa shape index (κ3) is 4.06. The molecule has 7 heteroatoms. The lowest BCUT2D eigenvalue weighted by Crippen LogP contribution is -2.37. The van der Waals surface area contributed by atoms with Gasteiger partial charge < -0.3 is 15.0 Å². The van der Waals surface area contributed by atoms with Gasteiger partial charge in [-0.05, 0) is 26.0 Å². The monoisotopic (exact) mass is 265 g/mol. The third-order valence-electron chi connectivity index (χ3n) is 2.65. The summed E-state index contributed by atoms with van der Waals surface area (Å²) in [5.41, 5.74) is 0. The van der Waals surface area contributed by atoms with Crippen molar-refractivity contribution in [3.8, 4) is 0 Å². The van der Waals surface area contributed by atoms with E-state index >= 15 is 0 Å². The van der Waals surface area contributed by atoms with Gasteiger partial charge in [-0.15, -0.1) is 10.2 Å². The zero-order valence-electron chi connectivity index (χ0n) is 11.2. The Morgan fingerprint density at radius 1 is 1.32 bits per heavy atom. The maximum absolute atomic E-state index is 11.5. The van der Waals surface area contributed by atoms with Crippen LogP contribution in [0.1, 0.15) is 13.8 Å². The molecule has 0 spiro atoms. The van der Waals surface area contributed by atoms with Gasteiger partial charge in [0.15, 0.2) is 11.6 Å². The molecular formula is C12H19N5O2. The maximum Gasteiger partial charge on any atom is 0.320 e. The minimum atomic E-state index is -0.275. The fourth-order valence-electron chi connectivity index (χ4n) is 1.77. The van der Waals surface area contributed by atoms with E-state index in [-0.39, 0.29) is 12.1 Å². The molecule has 1 aromatic heterocycles. The lowest BCUT2D eigenvalue weighted by atomic mass is 10.4. The van der Waals surface area contributed by atoms with E-state index in [9.17, 15) is 4.79 Å². The Kier molecular flexibility index (Phi) is 4.51. The van der Waals surface area contributed by atoms with Gasteiger partial charge in [-0.25, -0.2) is 4.79 Å². The molecule has 104 valence electrons. The number of morpholine rings is 1. The highest BCUT2D eigenvalue weighted by Gasteiger charge is 2.13. The molecule has 2 heterocycles. The molecular weight excluding hydrogens is 246 g/mol. The summed E-state index contributed by atoms with van der Waals surface area (Å²) in [6.07, 6.45) is 0. The maximum atomic E-state index is 11.5. The zero-order chi connectivity index (χ0) is 13.7. The number of anilines is 2. The van der Waals surface area contributed by atoms with Crippen molar-refractivity contribution in [2.45, 2.75) is 19.9 Å². The molecule has 19 heavy (non-hydrogen) atoms. The predicted molar refractivity (Wildman–Crippen MR) is 72.4 cm³/mol. The summed E-state index contributed by atoms with van der Waals surface area (Å²) in [7, 11) is 0. The van der Waals surface area contributed by atoms with Gasteiger partial charge in [0.1, 0.15) is 0 Å². The van der Waals surface area contributed by atoms with Gasteiger partial charge in [0.05, 0.1) is 13.2 Å². The minimum absolute atomic E-state index is 0.0839. The Balaban J connectivity index is 1.92. The van der Waals surface area contributed by atoms with Gasteiger partial charge >= 0.3 is 6.03 Å². The molecule has 0 aliphatic carbocycles. The second-order valence-corrected chi connectivity index (χ2v) is 4.63. The Hall–Kier alpha value is -1.89. The Bertz CT molecular complexity index is 415. The van der Waals surface area contributed by atoms with Crippen LogP contribution in [0.2, 0.25) is 0 Å². The molecule has 1 saturated heterocycles. The van der Waals surface area contributed by atoms with Gasteiger partial charge in [-0.3, -0.25) is 5.32 Å². The van der Waals surface area contributed by atoms with E-state index in [1.165, 1.54) is 0 Å². The van der Waals surface area contributed by atoms with E-state index in [4.69, 9.17) is 4.74 Å². The first-order chi connectivity index (χ1) is 9.15. The van der Waals surface area contributed by atoms with Crippen LogP contribution >= 0.6 is 0 Å². The van der Waals surface area contributed by atoms with Crippen LogP contribution in [0.3, 0.4) is 0 Å². The first-order valence-electron chi connectivity index (χ1n) is 6.39. The van der Waals surface area contributed by atoms with Gasteiger partial charge in [-0.1, -0.05) is 0 Å². The Labute approximate surface area is 112 Å². The van der Waals surface area contributed by atoms with Crippen LogP contribution in [0.15, 0.2) is 12.1 Å². The number of hydrogen-bond acceptors (Lipinski definition) is 5. The SMILES string of the molecule is CC(C)NC(=O)Nc1ccc(N2CCOCC2)nn1. The van der Waals surface area contributed by atoms with E-state index in [2.05, 4.69) is 25.7 Å². The molecule has 2 amide bonds. The summed E-state index contributed by atoms with van der Waals surface area (Å²) in [5.74, 6) is 1.24. The van der Waals surface area contributed by atoms with Crippen molar-refractivity contribution in [1.29, 1.82) is 0 Å². The van der Waals surface area contributed by atoms with Crippen LogP contribution < -0.4 is 15.5 Å². The molecule has 0 atom stereocenters. The van der Waals surface area contributed by atoms with E-state index in [0.29, 0.717) is 19.0 Å². The molecule has 2 N–H and O–H groups in total. The Morgan fingerprint density at radius 2 is 2.05 bits per heavy atom. The number of carbonyl (C=O) groups excluding carboxylic acids is 1. The molecule has 1 aliphatic heterocycles. The van der Waals surface area contributed by atoms with E-state index in [1.807, 2.05) is 19.9 Å². The summed E-state index contributed by atoms with van der Waals surface area (Å²) in [6.45, 7) is 6.83. The molecule has 0 aromatic carbocycles. The van der Waals surface area contributed by atoms with Gasteiger partial charge in [0.25, 0.3) is 0 Å². The largest absolute Gasteiger partial charge is 0.378 e. The average Bonchev–Trinajstić information content (AvgIpc) is 2.39. The van der Waals surface area contributed by atoms with Crippen LogP contribution in [0.25, 0.3) is 0 Å². The van der Waals surface area contributed by atoms with Crippen LogP contribution in [-0.4, -0.2) is 48.6 Å². The van der Waals surface area contributed by atoms with Crippen molar-refractivity contribution >= 4 is 17.7 Å². The number of nitrogens with zero attached hydrogens (tertiary/aromatic N) is 3. The first-order valence-corrected chi connectivity index (χ1v) is 6.39. The van der Waals surface area contributed by atoms with E-state index < -0.39 is 0 Å². The molecule has 1 fully saturated rings. The summed E-state index contributed by atoms with van der Waals surface area (Å²) in [6, 6.07) is 3.41. The molecule has 0 bridgehead atoms. The zero-order valence-corrected chi connectivity index (χ0v) is 11.2. The summed E-state index contributed by atoms with van der Waals surface area (Å²) >= 11 is 0. The molecule has 0 saturated carbocycles. The number of amides is 2. The number of ether oxygens (including phenoxy) is 1. The topological polar surface area (TPSA) is 79.4 Å². The number of rotatable bonds is 3. The van der Waals surface area contributed by atoms with Crippen LogP contribution in [-0.2, 0) is 4.74 Å². The Morgan fingerprint density at radius 3 is 2.63 bits per heavy atom. The number of hydrogen-bond donors (Lipinski definition) is 2. The van der Waals surface area contributed by atoms with Gasteiger partial charge in [0, 0.05) is 19.1 Å². The number of carbonyl (C=O) groups is 1. The van der Waals surface area contributed by atoms with Crippen molar-refractivity contribution < 1.29 is 9.53 Å². The van der Waals surface area contributed by atoms with Crippen molar-refractivity contribution in [3.05, 3.63) is 12.1 Å². The van der Waals surface area contributed by atoms with Crippen molar-refractivity contribution in [2.24, 2.45) is 0 Å². The normalized spacial score (nSPS) is 15.4. The quantitative estimate of drug-likeness (QED) is 0.846. The number of aromatic nitrogens is 2. The molecule has 2 rings (SSSR count). The van der Waals surface area contributed by atoms with Crippen molar-refractivity contribution in [1.82, 2.24) is 15.5 Å². The van der Waals surface area contributed by atoms with E-state index in [0.717, 1.165) is 18.9 Å². The number of nitrogens with one attached hydrogen (secondary N) is 2. The van der Waals surface area contributed by atoms with E-state index in [1.54, 1.807) is 6.07 Å². The first kappa shape index (κ1) is 13.5. The average molecular weight is 265 g/mol. The number of urea groups is 1. The van der Waals surface area contributed by atoms with Crippen molar-refractivity contribution in [3.63, 3.8) is 0 Å². The van der Waals surface area contributed by atoms with Gasteiger partial charge in [0.2, 0.25) is 0 Å². The summed E-state index contributed by atoms with van der Waals surface area (Å²) < 4.78 is 5.28. The fraction of sp³-hybridized carbons (Fsp3) is 0.583. The minimum Gasteiger partial charge on any atom is -0.378 e. The highest BCUT2D eigenvalue weighted by Crippen LogP contribution is 2.13.